The smallest absolute Gasteiger partial charge is 0.239 e. The Morgan fingerprint density at radius 3 is 2.62 bits per heavy atom. The maximum atomic E-state index is 12.6. The molecule has 0 unspecified atom stereocenters. The molecule has 0 bridgehead atoms. The van der Waals surface area contributed by atoms with Crippen LogP contribution in [0.25, 0.3) is 33.6 Å². The van der Waals surface area contributed by atoms with Crippen LogP contribution in [-0.4, -0.2) is 27.0 Å². The normalized spacial score (nSPS) is 11.6. The molecule has 2 heterocycles. The van der Waals surface area contributed by atoms with Crippen molar-refractivity contribution in [1.82, 2.24) is 19.9 Å². The van der Waals surface area contributed by atoms with Crippen LogP contribution in [0, 0.1) is 11.3 Å². The fraction of sp³-hybridized carbons (Fsp3) is 0.107. The summed E-state index contributed by atoms with van der Waals surface area (Å²) in [5, 5.41) is 13.8. The number of hydrogen-bond donors (Lipinski definition) is 2. The highest BCUT2D eigenvalue weighted by molar-refractivity contribution is 5.98. The van der Waals surface area contributed by atoms with Crippen molar-refractivity contribution >= 4 is 39.5 Å². The first kappa shape index (κ1) is 21.2. The zero-order valence-electron chi connectivity index (χ0n) is 18.5. The number of nitrogens with zero attached hydrogens (tertiary/aromatic N) is 3. The number of amides is 1. The average Bonchev–Trinajstić information content (AvgIpc) is 3.45. The van der Waals surface area contributed by atoms with Gasteiger partial charge in [0.1, 0.15) is 18.4 Å². The summed E-state index contributed by atoms with van der Waals surface area (Å²) in [6.45, 7) is 0.787. The van der Waals surface area contributed by atoms with Crippen molar-refractivity contribution < 1.29 is 4.79 Å². The lowest BCUT2D eigenvalue weighted by Gasteiger charge is -2.07. The van der Waals surface area contributed by atoms with Crippen molar-refractivity contribution in [2.75, 3.05) is 6.54 Å². The molecule has 0 radical (unpaired) electrons. The second-order valence-corrected chi connectivity index (χ2v) is 8.09. The molecule has 0 aliphatic heterocycles. The minimum Gasteiger partial charge on any atom is -0.354 e. The van der Waals surface area contributed by atoms with Gasteiger partial charge in [-0.25, -0.2) is 4.98 Å². The lowest BCUT2D eigenvalue weighted by molar-refractivity contribution is -0.121. The van der Waals surface area contributed by atoms with Crippen LogP contribution < -0.4 is 5.32 Å². The molecular formula is C28H23N5O. The summed E-state index contributed by atoms with van der Waals surface area (Å²) in [5.41, 5.74) is 5.13. The van der Waals surface area contributed by atoms with E-state index in [2.05, 4.69) is 33.5 Å². The third-order valence-electron chi connectivity index (χ3n) is 5.78. The van der Waals surface area contributed by atoms with Crippen molar-refractivity contribution in [2.24, 2.45) is 0 Å². The molecule has 2 N–H and O–H groups in total. The number of fused-ring (bicyclic) bond motifs is 2. The average molecular weight is 446 g/mol. The zero-order valence-corrected chi connectivity index (χ0v) is 18.5. The van der Waals surface area contributed by atoms with Gasteiger partial charge in [0.15, 0.2) is 0 Å². The van der Waals surface area contributed by atoms with E-state index in [1.165, 1.54) is 5.56 Å². The standard InChI is InChI=1S/C28H23N5O/c29-17-21(28-31-24-11-5-6-12-25(24)32-28)16-22-18-33(26-13-7-4-10-23(22)26)19-27(34)30-15-14-20-8-2-1-3-9-20/h1-13,16,18H,14-15,19H2,(H,30,34)(H,31,32)/b21-16+. The number of benzene rings is 3. The first-order valence-electron chi connectivity index (χ1n) is 11.2. The summed E-state index contributed by atoms with van der Waals surface area (Å²) in [6.07, 6.45) is 4.53. The Balaban J connectivity index is 1.38. The van der Waals surface area contributed by atoms with E-state index in [0.717, 1.165) is 33.9 Å². The maximum absolute atomic E-state index is 12.6. The van der Waals surface area contributed by atoms with Crippen LogP contribution in [0.15, 0.2) is 85.1 Å². The highest BCUT2D eigenvalue weighted by Gasteiger charge is 2.13. The number of para-hydroxylation sites is 3. The van der Waals surface area contributed by atoms with Crippen LogP contribution in [0.2, 0.25) is 0 Å². The number of aromatic amines is 1. The van der Waals surface area contributed by atoms with E-state index in [9.17, 15) is 10.1 Å². The molecule has 0 saturated carbocycles. The van der Waals surface area contributed by atoms with Crippen LogP contribution >= 0.6 is 0 Å². The lowest BCUT2D eigenvalue weighted by Crippen LogP contribution is -2.29. The molecule has 5 aromatic rings. The van der Waals surface area contributed by atoms with Crippen LogP contribution in [0.1, 0.15) is 17.0 Å². The predicted molar refractivity (Wildman–Crippen MR) is 135 cm³/mol. The van der Waals surface area contributed by atoms with Crippen molar-refractivity contribution in [3.63, 3.8) is 0 Å². The second-order valence-electron chi connectivity index (χ2n) is 8.09. The quantitative estimate of drug-likeness (QED) is 0.348. The van der Waals surface area contributed by atoms with Crippen molar-refractivity contribution in [3.05, 3.63) is 102 Å². The summed E-state index contributed by atoms with van der Waals surface area (Å²) in [6, 6.07) is 27.9. The SMILES string of the molecule is N#C/C(=C\c1cn(CC(=O)NCCc2ccccc2)c2ccccc12)c1nc2ccccc2[nH]1. The summed E-state index contributed by atoms with van der Waals surface area (Å²) in [4.78, 5) is 20.4. The number of aromatic nitrogens is 3. The number of rotatable bonds is 7. The van der Waals surface area contributed by atoms with E-state index in [0.29, 0.717) is 17.9 Å². The molecule has 6 nitrogen and oxygen atoms in total. The van der Waals surface area contributed by atoms with Crippen molar-refractivity contribution in [3.8, 4) is 6.07 Å². The molecule has 2 aromatic heterocycles. The number of hydrogen-bond acceptors (Lipinski definition) is 3. The highest BCUT2D eigenvalue weighted by Crippen LogP contribution is 2.26. The Labute approximate surface area is 197 Å². The molecule has 5 rings (SSSR count). The Kier molecular flexibility index (Phi) is 5.91. The molecule has 3 aromatic carbocycles. The lowest BCUT2D eigenvalue weighted by atomic mass is 10.1. The molecule has 6 heteroatoms. The number of H-pyrrole nitrogens is 1. The minimum absolute atomic E-state index is 0.0509. The third-order valence-corrected chi connectivity index (χ3v) is 5.78. The van der Waals surface area contributed by atoms with Gasteiger partial charge in [-0.05, 0) is 36.3 Å². The Bertz CT molecular complexity index is 1500. The molecule has 34 heavy (non-hydrogen) atoms. The van der Waals surface area contributed by atoms with E-state index < -0.39 is 0 Å². The van der Waals surface area contributed by atoms with Gasteiger partial charge in [-0.2, -0.15) is 5.26 Å². The van der Waals surface area contributed by atoms with E-state index in [4.69, 9.17) is 0 Å². The van der Waals surface area contributed by atoms with Gasteiger partial charge in [-0.3, -0.25) is 4.79 Å². The van der Waals surface area contributed by atoms with Crippen LogP contribution in [0.4, 0.5) is 0 Å². The van der Waals surface area contributed by atoms with Crippen molar-refractivity contribution in [1.29, 1.82) is 5.26 Å². The maximum Gasteiger partial charge on any atom is 0.239 e. The fourth-order valence-corrected chi connectivity index (χ4v) is 4.11. The van der Waals surface area contributed by atoms with E-state index >= 15 is 0 Å². The van der Waals surface area contributed by atoms with Gasteiger partial charge in [0.05, 0.1) is 16.6 Å². The van der Waals surface area contributed by atoms with E-state index in [1.54, 1.807) is 0 Å². The van der Waals surface area contributed by atoms with Gasteiger partial charge in [-0.1, -0.05) is 60.7 Å². The van der Waals surface area contributed by atoms with E-state index in [1.807, 2.05) is 83.6 Å². The number of allylic oxidation sites excluding steroid dienone is 1. The summed E-state index contributed by atoms with van der Waals surface area (Å²) >= 11 is 0. The Morgan fingerprint density at radius 2 is 1.79 bits per heavy atom. The number of imidazole rings is 1. The minimum atomic E-state index is -0.0509. The molecule has 0 fully saturated rings. The molecule has 0 saturated heterocycles. The van der Waals surface area contributed by atoms with Gasteiger partial charge in [0.2, 0.25) is 5.91 Å². The number of carbonyl (C=O) groups excluding carboxylic acids is 1. The van der Waals surface area contributed by atoms with Crippen molar-refractivity contribution in [2.45, 2.75) is 13.0 Å². The topological polar surface area (TPSA) is 86.5 Å². The molecule has 0 aliphatic rings. The Morgan fingerprint density at radius 1 is 1.03 bits per heavy atom. The van der Waals surface area contributed by atoms with Gasteiger partial charge in [0, 0.05) is 29.2 Å². The summed E-state index contributed by atoms with van der Waals surface area (Å²) in [7, 11) is 0. The van der Waals surface area contributed by atoms with E-state index in [-0.39, 0.29) is 12.5 Å². The van der Waals surface area contributed by atoms with Gasteiger partial charge in [0.25, 0.3) is 0 Å². The van der Waals surface area contributed by atoms with Gasteiger partial charge in [-0.15, -0.1) is 0 Å². The monoisotopic (exact) mass is 445 g/mol. The van der Waals surface area contributed by atoms with Crippen LogP contribution in [-0.2, 0) is 17.8 Å². The number of carbonyl (C=O) groups is 1. The first-order valence-corrected chi connectivity index (χ1v) is 11.2. The largest absolute Gasteiger partial charge is 0.354 e. The van der Waals surface area contributed by atoms with Gasteiger partial charge >= 0.3 is 0 Å². The van der Waals surface area contributed by atoms with Crippen LogP contribution in [0.3, 0.4) is 0 Å². The highest BCUT2D eigenvalue weighted by atomic mass is 16.1. The Hall–Kier alpha value is -4.63. The number of nitriles is 1. The second kappa shape index (κ2) is 9.47. The molecule has 0 aliphatic carbocycles. The fourth-order valence-electron chi connectivity index (χ4n) is 4.11. The number of nitrogens with one attached hydrogen (secondary N) is 2. The summed E-state index contributed by atoms with van der Waals surface area (Å²) in [5.74, 6) is 0.476. The molecule has 166 valence electrons. The zero-order chi connectivity index (χ0) is 23.3. The molecule has 0 spiro atoms. The summed E-state index contributed by atoms with van der Waals surface area (Å²) < 4.78 is 1.92. The van der Waals surface area contributed by atoms with Gasteiger partial charge < -0.3 is 14.9 Å². The third kappa shape index (κ3) is 4.45. The molecular weight excluding hydrogens is 422 g/mol. The van der Waals surface area contributed by atoms with Crippen LogP contribution in [0.5, 0.6) is 0 Å². The molecule has 0 atom stereocenters. The predicted octanol–water partition coefficient (Wildman–Crippen LogP) is 4.94. The first-order chi connectivity index (χ1) is 16.7. The molecule has 1 amide bonds.